The highest BCUT2D eigenvalue weighted by atomic mass is 16.5. The largest absolute Gasteiger partial charge is 0.494 e. The number of para-hydroxylation sites is 1. The Balaban J connectivity index is 1.63. The number of hydrogen-bond donors (Lipinski definition) is 0. The Morgan fingerprint density at radius 1 is 1.08 bits per heavy atom. The summed E-state index contributed by atoms with van der Waals surface area (Å²) >= 11 is 0. The summed E-state index contributed by atoms with van der Waals surface area (Å²) < 4.78 is 5.43. The van der Waals surface area contributed by atoms with Crippen molar-refractivity contribution in [2.24, 2.45) is 0 Å². The van der Waals surface area contributed by atoms with E-state index in [-0.39, 0.29) is 5.91 Å². The average Bonchev–Trinajstić information content (AvgIpc) is 2.63. The first kappa shape index (κ1) is 17.0. The number of aromatic nitrogens is 1. The van der Waals surface area contributed by atoms with Gasteiger partial charge < -0.3 is 9.64 Å². The maximum absolute atomic E-state index is 12.5. The van der Waals surface area contributed by atoms with Gasteiger partial charge in [-0.3, -0.25) is 9.78 Å². The molecule has 1 heterocycles. The van der Waals surface area contributed by atoms with E-state index < -0.39 is 0 Å². The molecule has 0 atom stereocenters. The van der Waals surface area contributed by atoms with Gasteiger partial charge >= 0.3 is 0 Å². The van der Waals surface area contributed by atoms with Crippen molar-refractivity contribution < 1.29 is 9.53 Å². The molecule has 0 aliphatic carbocycles. The summed E-state index contributed by atoms with van der Waals surface area (Å²) in [6.07, 6.45) is 2.22. The lowest BCUT2D eigenvalue weighted by Gasteiger charge is -2.17. The fraction of sp³-hybridized carbons (Fsp3) is 0.238. The number of nitrogens with zero attached hydrogens (tertiary/aromatic N) is 2. The fourth-order valence-electron chi connectivity index (χ4n) is 2.74. The zero-order valence-electron chi connectivity index (χ0n) is 14.6. The molecule has 4 nitrogen and oxygen atoms in total. The standard InChI is InChI=1S/C21H22N2O2/c1-3-25-19-10-8-16(9-11-19)13-21(24)23(2)15-17-12-18-6-4-5-7-20(18)22-14-17/h4-12,14H,3,13,15H2,1-2H3. The Hall–Kier alpha value is -2.88. The zero-order chi connectivity index (χ0) is 17.6. The Labute approximate surface area is 148 Å². The molecule has 2 aromatic carbocycles. The molecular weight excluding hydrogens is 312 g/mol. The van der Waals surface area contributed by atoms with Gasteiger partial charge in [-0.1, -0.05) is 30.3 Å². The molecule has 4 heteroatoms. The Morgan fingerprint density at radius 3 is 2.60 bits per heavy atom. The highest BCUT2D eigenvalue weighted by Crippen LogP contribution is 2.15. The van der Waals surface area contributed by atoms with Crippen molar-refractivity contribution in [3.8, 4) is 5.75 Å². The smallest absolute Gasteiger partial charge is 0.227 e. The lowest BCUT2D eigenvalue weighted by molar-refractivity contribution is -0.129. The Morgan fingerprint density at radius 2 is 1.84 bits per heavy atom. The summed E-state index contributed by atoms with van der Waals surface area (Å²) in [6, 6.07) is 17.8. The molecule has 3 rings (SSSR count). The number of carbonyl (C=O) groups excluding carboxylic acids is 1. The van der Waals surface area contributed by atoms with E-state index in [0.29, 0.717) is 19.6 Å². The summed E-state index contributed by atoms with van der Waals surface area (Å²) in [5, 5.41) is 1.09. The normalized spacial score (nSPS) is 10.6. The van der Waals surface area contributed by atoms with Gasteiger partial charge in [0.1, 0.15) is 5.75 Å². The van der Waals surface area contributed by atoms with Crippen LogP contribution in [0.15, 0.2) is 60.8 Å². The van der Waals surface area contributed by atoms with Gasteiger partial charge in [0.25, 0.3) is 0 Å². The van der Waals surface area contributed by atoms with Crippen LogP contribution >= 0.6 is 0 Å². The van der Waals surface area contributed by atoms with Crippen molar-refractivity contribution in [2.45, 2.75) is 19.9 Å². The molecule has 25 heavy (non-hydrogen) atoms. The molecule has 128 valence electrons. The van der Waals surface area contributed by atoms with Crippen LogP contribution in [0, 0.1) is 0 Å². The number of rotatable bonds is 6. The van der Waals surface area contributed by atoms with E-state index in [0.717, 1.165) is 27.8 Å². The van der Waals surface area contributed by atoms with Gasteiger partial charge in [-0.25, -0.2) is 0 Å². The third kappa shape index (κ3) is 4.35. The second-order valence-electron chi connectivity index (χ2n) is 6.04. The van der Waals surface area contributed by atoms with E-state index in [1.165, 1.54) is 0 Å². The second kappa shape index (κ2) is 7.79. The topological polar surface area (TPSA) is 42.4 Å². The van der Waals surface area contributed by atoms with Crippen molar-refractivity contribution >= 4 is 16.8 Å². The number of benzene rings is 2. The molecule has 0 aliphatic heterocycles. The van der Waals surface area contributed by atoms with E-state index in [2.05, 4.69) is 11.1 Å². The van der Waals surface area contributed by atoms with Gasteiger partial charge in [-0.2, -0.15) is 0 Å². The average molecular weight is 334 g/mol. The molecule has 0 N–H and O–H groups in total. The molecule has 0 fully saturated rings. The van der Waals surface area contributed by atoms with Crippen molar-refractivity contribution in [1.29, 1.82) is 0 Å². The molecule has 0 spiro atoms. The fourth-order valence-corrected chi connectivity index (χ4v) is 2.74. The van der Waals surface area contributed by atoms with E-state index in [4.69, 9.17) is 4.74 Å². The lowest BCUT2D eigenvalue weighted by Crippen LogP contribution is -2.27. The van der Waals surface area contributed by atoms with Crippen LogP contribution in [0.3, 0.4) is 0 Å². The zero-order valence-corrected chi connectivity index (χ0v) is 14.6. The SMILES string of the molecule is CCOc1ccc(CC(=O)N(C)Cc2cnc3ccccc3c2)cc1. The summed E-state index contributed by atoms with van der Waals surface area (Å²) in [4.78, 5) is 18.7. The maximum Gasteiger partial charge on any atom is 0.227 e. The van der Waals surface area contributed by atoms with E-state index in [1.54, 1.807) is 4.90 Å². The number of likely N-dealkylation sites (N-methyl/N-ethyl adjacent to an activating group) is 1. The van der Waals surface area contributed by atoms with Crippen LogP contribution in [0.1, 0.15) is 18.1 Å². The first-order valence-electron chi connectivity index (χ1n) is 8.45. The number of fused-ring (bicyclic) bond motifs is 1. The molecule has 0 aliphatic rings. The van der Waals surface area contributed by atoms with Gasteiger partial charge in [0.15, 0.2) is 0 Å². The van der Waals surface area contributed by atoms with Crippen LogP contribution in [0.5, 0.6) is 5.75 Å². The third-order valence-corrected chi connectivity index (χ3v) is 4.08. The molecule has 1 amide bonds. The second-order valence-corrected chi connectivity index (χ2v) is 6.04. The first-order chi connectivity index (χ1) is 12.2. The summed E-state index contributed by atoms with van der Waals surface area (Å²) in [7, 11) is 1.83. The van der Waals surface area contributed by atoms with Crippen LogP contribution < -0.4 is 4.74 Å². The molecule has 0 unspecified atom stereocenters. The van der Waals surface area contributed by atoms with Gasteiger partial charge in [0.2, 0.25) is 5.91 Å². The number of carbonyl (C=O) groups is 1. The number of hydrogen-bond acceptors (Lipinski definition) is 3. The van der Waals surface area contributed by atoms with Crippen molar-refractivity contribution in [2.75, 3.05) is 13.7 Å². The minimum Gasteiger partial charge on any atom is -0.494 e. The molecule has 1 aromatic heterocycles. The number of pyridine rings is 1. The first-order valence-corrected chi connectivity index (χ1v) is 8.45. The minimum absolute atomic E-state index is 0.0809. The van der Waals surface area contributed by atoms with Crippen LogP contribution in [0.25, 0.3) is 10.9 Å². The monoisotopic (exact) mass is 334 g/mol. The highest BCUT2D eigenvalue weighted by molar-refractivity contribution is 5.80. The van der Waals surface area contributed by atoms with Crippen LogP contribution in [0.4, 0.5) is 0 Å². The minimum atomic E-state index is 0.0809. The highest BCUT2D eigenvalue weighted by Gasteiger charge is 2.11. The van der Waals surface area contributed by atoms with Crippen LogP contribution in [-0.2, 0) is 17.8 Å². The molecular formula is C21H22N2O2. The van der Waals surface area contributed by atoms with Gasteiger partial charge in [0.05, 0.1) is 18.5 Å². The molecule has 0 saturated heterocycles. The summed E-state index contributed by atoms with van der Waals surface area (Å²) in [5.41, 5.74) is 2.98. The third-order valence-electron chi connectivity index (χ3n) is 4.08. The molecule has 0 bridgehead atoms. The van der Waals surface area contributed by atoms with Gasteiger partial charge in [-0.15, -0.1) is 0 Å². The Bertz CT molecular complexity index is 859. The van der Waals surface area contributed by atoms with E-state index in [9.17, 15) is 4.79 Å². The molecule has 0 radical (unpaired) electrons. The van der Waals surface area contributed by atoms with Crippen LogP contribution in [0.2, 0.25) is 0 Å². The maximum atomic E-state index is 12.5. The quantitative estimate of drug-likeness (QED) is 0.688. The predicted octanol–water partition coefficient (Wildman–Crippen LogP) is 3.83. The van der Waals surface area contributed by atoms with Gasteiger partial charge in [0, 0.05) is 25.2 Å². The van der Waals surface area contributed by atoms with E-state index in [1.807, 2.05) is 68.7 Å². The van der Waals surface area contributed by atoms with Gasteiger partial charge in [-0.05, 0) is 42.3 Å². The van der Waals surface area contributed by atoms with Crippen molar-refractivity contribution in [3.63, 3.8) is 0 Å². The summed E-state index contributed by atoms with van der Waals surface area (Å²) in [6.45, 7) is 3.14. The molecule has 0 saturated carbocycles. The number of ether oxygens (including phenoxy) is 1. The van der Waals surface area contributed by atoms with E-state index >= 15 is 0 Å². The summed E-state index contributed by atoms with van der Waals surface area (Å²) in [5.74, 6) is 0.909. The number of amides is 1. The molecule has 3 aromatic rings. The van der Waals surface area contributed by atoms with Crippen molar-refractivity contribution in [3.05, 3.63) is 71.9 Å². The lowest BCUT2D eigenvalue weighted by atomic mass is 10.1. The van der Waals surface area contributed by atoms with Crippen LogP contribution in [-0.4, -0.2) is 29.4 Å². The predicted molar refractivity (Wildman–Crippen MR) is 99.5 cm³/mol. The van der Waals surface area contributed by atoms with Crippen molar-refractivity contribution in [1.82, 2.24) is 9.88 Å². The Kier molecular flexibility index (Phi) is 5.29.